The van der Waals surface area contributed by atoms with Gasteiger partial charge in [-0.15, -0.1) is 22.0 Å². The minimum absolute atomic E-state index is 0.0466. The molecular weight excluding hydrogens is 716 g/mol. The van der Waals surface area contributed by atoms with Gasteiger partial charge in [-0.2, -0.15) is 0 Å². The van der Waals surface area contributed by atoms with Gasteiger partial charge in [0.25, 0.3) is 11.8 Å². The van der Waals surface area contributed by atoms with Gasteiger partial charge in [0, 0.05) is 34.2 Å². The number of likely N-dealkylation sites (tertiary alicyclic amines) is 1. The number of fused-ring (bicyclic) bond motifs is 1. The lowest BCUT2D eigenvalue weighted by molar-refractivity contribution is -0.120. The van der Waals surface area contributed by atoms with Gasteiger partial charge in [0.15, 0.2) is 0 Å². The highest BCUT2D eigenvalue weighted by Crippen LogP contribution is 2.41. The monoisotopic (exact) mass is 753 g/mol. The molecular formula is C37H38ClF2N5O6S. The van der Waals surface area contributed by atoms with Crippen LogP contribution in [0.5, 0.6) is 0 Å². The van der Waals surface area contributed by atoms with E-state index in [1.165, 1.54) is 11.8 Å². The van der Waals surface area contributed by atoms with E-state index in [1.807, 2.05) is 31.2 Å². The summed E-state index contributed by atoms with van der Waals surface area (Å²) in [7, 11) is 0. The van der Waals surface area contributed by atoms with Crippen molar-refractivity contribution in [3.8, 4) is 11.5 Å². The maximum absolute atomic E-state index is 15.0. The Balaban J connectivity index is 1.27. The Morgan fingerprint density at radius 2 is 1.81 bits per heavy atom. The molecule has 1 saturated heterocycles. The van der Waals surface area contributed by atoms with Crippen molar-refractivity contribution < 1.29 is 37.1 Å². The molecule has 1 unspecified atom stereocenters. The van der Waals surface area contributed by atoms with Crippen LogP contribution in [0.1, 0.15) is 55.7 Å². The number of hydrogen-bond donors (Lipinski definition) is 1. The summed E-state index contributed by atoms with van der Waals surface area (Å²) in [6, 6.07) is 18.8. The van der Waals surface area contributed by atoms with Gasteiger partial charge < -0.3 is 29.0 Å². The highest BCUT2D eigenvalue weighted by atomic mass is 35.5. The first kappa shape index (κ1) is 37.1. The lowest BCUT2D eigenvalue weighted by Gasteiger charge is -2.35. The molecule has 15 heteroatoms. The summed E-state index contributed by atoms with van der Waals surface area (Å²) in [5, 5.41) is 11.6. The number of aromatic nitrogens is 2. The second-order valence-corrected chi connectivity index (χ2v) is 15.3. The zero-order valence-corrected chi connectivity index (χ0v) is 30.6. The van der Waals surface area contributed by atoms with Gasteiger partial charge in [-0.05, 0) is 68.7 Å². The third-order valence-corrected chi connectivity index (χ3v) is 9.79. The summed E-state index contributed by atoms with van der Waals surface area (Å²) in [5.41, 5.74) is 2.53. The van der Waals surface area contributed by atoms with E-state index in [-0.39, 0.29) is 43.1 Å². The molecule has 1 N–H and O–H groups in total. The van der Waals surface area contributed by atoms with Crippen molar-refractivity contribution in [1.82, 2.24) is 20.4 Å². The van der Waals surface area contributed by atoms with Crippen LogP contribution in [0, 0.1) is 6.92 Å². The second-order valence-electron chi connectivity index (χ2n) is 13.8. The maximum Gasteiger partial charge on any atom is 0.410 e. The lowest BCUT2D eigenvalue weighted by Crippen LogP contribution is -2.50. The molecule has 52 heavy (non-hydrogen) atoms. The van der Waals surface area contributed by atoms with Gasteiger partial charge in [0.2, 0.25) is 11.8 Å². The normalized spacial score (nSPS) is 18.7. The topological polar surface area (TPSA) is 127 Å². The van der Waals surface area contributed by atoms with Crippen molar-refractivity contribution in [3.05, 3.63) is 94.3 Å². The Labute approximate surface area is 309 Å². The number of hydrogen-bond acceptors (Lipinski definition) is 9. The highest BCUT2D eigenvalue weighted by molar-refractivity contribution is 7.99. The number of nitrogens with zero attached hydrogens (tertiary/aromatic N) is 4. The molecule has 0 bridgehead atoms. The van der Waals surface area contributed by atoms with Crippen LogP contribution in [0.25, 0.3) is 11.5 Å². The first-order valence-corrected chi connectivity index (χ1v) is 18.0. The van der Waals surface area contributed by atoms with E-state index in [4.69, 9.17) is 25.5 Å². The van der Waals surface area contributed by atoms with Crippen LogP contribution < -0.4 is 10.2 Å². The summed E-state index contributed by atoms with van der Waals surface area (Å²) < 4.78 is 46.8. The number of thioether (sulfide) groups is 1. The minimum atomic E-state index is -3.22. The molecule has 2 aliphatic heterocycles. The number of piperidine rings is 1. The number of benzene rings is 3. The zero-order valence-electron chi connectivity index (χ0n) is 29.0. The highest BCUT2D eigenvalue weighted by Gasteiger charge is 2.45. The van der Waals surface area contributed by atoms with Crippen LogP contribution in [0.2, 0.25) is 5.02 Å². The fraction of sp³-hybridized carbons (Fsp3) is 0.378. The van der Waals surface area contributed by atoms with Crippen molar-refractivity contribution in [2.24, 2.45) is 0 Å². The SMILES string of the molecule is Cc1cc2c(cc1-c1nnc(C3CN(C(=O)OCc4ccccc4)CC(F)(F)C3)o1)N(Cc1ccc(Cl)cc1)C(=O)[C@@H](NC(=O)OC(C)(C)C)CS2. The summed E-state index contributed by atoms with van der Waals surface area (Å²) in [4.78, 5) is 43.1. The summed E-state index contributed by atoms with van der Waals surface area (Å²) in [5.74, 6) is -4.27. The molecule has 4 aromatic rings. The molecule has 0 spiro atoms. The molecule has 2 aliphatic rings. The van der Waals surface area contributed by atoms with Crippen LogP contribution in [0.3, 0.4) is 0 Å². The fourth-order valence-electron chi connectivity index (χ4n) is 5.99. The second kappa shape index (κ2) is 15.1. The van der Waals surface area contributed by atoms with E-state index < -0.39 is 48.6 Å². The van der Waals surface area contributed by atoms with Crippen LogP contribution in [-0.4, -0.2) is 69.6 Å². The maximum atomic E-state index is 15.0. The number of anilines is 1. The van der Waals surface area contributed by atoms with Gasteiger partial charge >= 0.3 is 12.2 Å². The molecule has 3 amide bonds. The Morgan fingerprint density at radius 1 is 1.08 bits per heavy atom. The molecule has 274 valence electrons. The third-order valence-electron chi connectivity index (χ3n) is 8.40. The van der Waals surface area contributed by atoms with Crippen molar-refractivity contribution in [1.29, 1.82) is 0 Å². The van der Waals surface area contributed by atoms with Gasteiger partial charge in [0.05, 0.1) is 24.7 Å². The minimum Gasteiger partial charge on any atom is -0.445 e. The molecule has 0 aliphatic carbocycles. The van der Waals surface area contributed by atoms with E-state index >= 15 is 0 Å². The summed E-state index contributed by atoms with van der Waals surface area (Å²) in [6.45, 7) is 6.27. The Bertz CT molecular complexity index is 1940. The van der Waals surface area contributed by atoms with E-state index in [0.717, 1.165) is 26.5 Å². The number of aryl methyl sites for hydroxylation is 1. The third kappa shape index (κ3) is 9.02. The van der Waals surface area contributed by atoms with Crippen LogP contribution >= 0.6 is 23.4 Å². The van der Waals surface area contributed by atoms with Crippen LogP contribution in [-0.2, 0) is 27.4 Å². The number of nitrogens with one attached hydrogen (secondary N) is 1. The molecule has 1 fully saturated rings. The van der Waals surface area contributed by atoms with Crippen LogP contribution in [0.15, 0.2) is 76.0 Å². The van der Waals surface area contributed by atoms with Crippen molar-refractivity contribution in [2.75, 3.05) is 23.7 Å². The van der Waals surface area contributed by atoms with Gasteiger partial charge in [0.1, 0.15) is 18.2 Å². The van der Waals surface area contributed by atoms with Gasteiger partial charge in [-0.3, -0.25) is 4.79 Å². The first-order valence-electron chi connectivity index (χ1n) is 16.6. The van der Waals surface area contributed by atoms with Crippen molar-refractivity contribution >= 4 is 47.1 Å². The molecule has 0 radical (unpaired) electrons. The number of alkyl halides is 2. The summed E-state index contributed by atoms with van der Waals surface area (Å²) in [6.07, 6.45) is -2.17. The standard InChI is InChI=1S/C37H38ClF2N5O6S/c1-22-14-30-29(45(17-23-10-12-26(38)13-11-23)33(46)28(20-52-30)41-34(47)51-36(2,3)4)15-27(22)32-43-42-31(50-32)25-16-37(39,40)21-44(18-25)35(48)49-19-24-8-6-5-7-9-24/h5-15,25,28H,16-21H2,1-4H3,(H,41,47)/t25?,28-/m0/s1. The molecule has 3 heterocycles. The first-order chi connectivity index (χ1) is 24.6. The zero-order chi connectivity index (χ0) is 37.2. The number of ether oxygens (including phenoxy) is 2. The number of alkyl carbamates (subject to hydrolysis) is 1. The smallest absolute Gasteiger partial charge is 0.410 e. The summed E-state index contributed by atoms with van der Waals surface area (Å²) >= 11 is 7.52. The average Bonchev–Trinajstić information content (AvgIpc) is 3.54. The van der Waals surface area contributed by atoms with Crippen LogP contribution in [0.4, 0.5) is 24.1 Å². The number of amides is 3. The van der Waals surface area contributed by atoms with E-state index in [2.05, 4.69) is 15.5 Å². The number of carbonyl (C=O) groups is 3. The van der Waals surface area contributed by atoms with E-state index in [0.29, 0.717) is 16.3 Å². The van der Waals surface area contributed by atoms with E-state index in [9.17, 15) is 23.2 Å². The quantitative estimate of drug-likeness (QED) is 0.200. The van der Waals surface area contributed by atoms with E-state index in [1.54, 1.807) is 68.1 Å². The molecule has 3 aromatic carbocycles. The number of halogens is 3. The Morgan fingerprint density at radius 3 is 2.52 bits per heavy atom. The van der Waals surface area contributed by atoms with Gasteiger partial charge in [-0.25, -0.2) is 18.4 Å². The molecule has 0 saturated carbocycles. The molecule has 6 rings (SSSR count). The fourth-order valence-corrected chi connectivity index (χ4v) is 7.27. The lowest BCUT2D eigenvalue weighted by atomic mass is 9.95. The predicted octanol–water partition coefficient (Wildman–Crippen LogP) is 7.99. The number of rotatable bonds is 7. The Hall–Kier alpha value is -4.69. The van der Waals surface area contributed by atoms with Crippen molar-refractivity contribution in [2.45, 2.75) is 75.6 Å². The Kier molecular flexibility index (Phi) is 10.8. The average molecular weight is 754 g/mol. The van der Waals surface area contributed by atoms with Crippen molar-refractivity contribution in [3.63, 3.8) is 0 Å². The number of carbonyl (C=O) groups excluding carboxylic acids is 3. The largest absolute Gasteiger partial charge is 0.445 e. The molecule has 11 nitrogen and oxygen atoms in total. The van der Waals surface area contributed by atoms with Gasteiger partial charge in [-0.1, -0.05) is 54.1 Å². The molecule has 2 atom stereocenters. The predicted molar refractivity (Wildman–Crippen MR) is 191 cm³/mol. The molecule has 1 aromatic heterocycles.